The Balaban J connectivity index is 1.48. The standard InChI is InChI=1S/C20H15N5O2S2/c1-2-17-23-20(29-25-17)24-19(27)22-16(10-26)13-8-6-12(7-9-13)14-4-3-5-15-18(14)28-11-21-15/h1,3-9,11,16,26H,10H2,(H2,22,23,24,25,27)/t16-/m0/s1. The van der Waals surface area contributed by atoms with Gasteiger partial charge in [0, 0.05) is 17.1 Å². The monoisotopic (exact) mass is 421 g/mol. The third-order valence-corrected chi connectivity index (χ3v) is 5.75. The van der Waals surface area contributed by atoms with Gasteiger partial charge in [0.1, 0.15) is 0 Å². The Bertz CT molecular complexity index is 1190. The maximum absolute atomic E-state index is 12.2. The lowest BCUT2D eigenvalue weighted by Gasteiger charge is -2.17. The number of amides is 2. The number of terminal acetylenes is 1. The van der Waals surface area contributed by atoms with E-state index in [1.807, 2.05) is 41.9 Å². The number of aromatic nitrogens is 3. The topological polar surface area (TPSA) is 100 Å². The zero-order valence-corrected chi connectivity index (χ0v) is 16.6. The van der Waals surface area contributed by atoms with E-state index < -0.39 is 12.1 Å². The lowest BCUT2D eigenvalue weighted by atomic mass is 10.0. The summed E-state index contributed by atoms with van der Waals surface area (Å²) in [5.74, 6) is 2.52. The highest BCUT2D eigenvalue weighted by Crippen LogP contribution is 2.31. The molecule has 0 spiro atoms. The van der Waals surface area contributed by atoms with E-state index in [-0.39, 0.29) is 12.4 Å². The lowest BCUT2D eigenvalue weighted by Crippen LogP contribution is -2.34. The molecule has 0 radical (unpaired) electrons. The molecule has 7 nitrogen and oxygen atoms in total. The lowest BCUT2D eigenvalue weighted by molar-refractivity contribution is 0.225. The summed E-state index contributed by atoms with van der Waals surface area (Å²) in [5.41, 5.74) is 5.72. The molecule has 4 aromatic rings. The highest BCUT2D eigenvalue weighted by molar-refractivity contribution is 7.17. The van der Waals surface area contributed by atoms with Crippen molar-refractivity contribution in [3.05, 3.63) is 59.4 Å². The van der Waals surface area contributed by atoms with Crippen molar-refractivity contribution in [1.82, 2.24) is 19.7 Å². The van der Waals surface area contributed by atoms with Gasteiger partial charge in [0.05, 0.1) is 28.4 Å². The summed E-state index contributed by atoms with van der Waals surface area (Å²) in [6.07, 6.45) is 5.22. The van der Waals surface area contributed by atoms with Crippen LogP contribution in [0.15, 0.2) is 48.0 Å². The van der Waals surface area contributed by atoms with E-state index >= 15 is 0 Å². The number of carbonyl (C=O) groups excluding carboxylic acids is 1. The van der Waals surface area contributed by atoms with Crippen LogP contribution in [0.5, 0.6) is 0 Å². The third kappa shape index (κ3) is 4.09. The number of rotatable bonds is 5. The second-order valence-electron chi connectivity index (χ2n) is 6.03. The van der Waals surface area contributed by atoms with Crippen LogP contribution in [0.2, 0.25) is 0 Å². The number of hydrogen-bond donors (Lipinski definition) is 3. The van der Waals surface area contributed by atoms with E-state index in [1.165, 1.54) is 0 Å². The quantitative estimate of drug-likeness (QED) is 0.427. The summed E-state index contributed by atoms with van der Waals surface area (Å²) in [6, 6.07) is 12.7. The van der Waals surface area contributed by atoms with E-state index in [1.54, 1.807) is 11.3 Å². The Kier molecular flexibility index (Phi) is 5.48. The average molecular weight is 422 g/mol. The minimum absolute atomic E-state index is 0.218. The van der Waals surface area contributed by atoms with Gasteiger partial charge in [0.15, 0.2) is 0 Å². The normalized spacial score (nSPS) is 11.7. The number of nitrogens with zero attached hydrogens (tertiary/aromatic N) is 3. The first-order valence-electron chi connectivity index (χ1n) is 8.59. The minimum Gasteiger partial charge on any atom is -0.394 e. The molecule has 2 aromatic carbocycles. The summed E-state index contributed by atoms with van der Waals surface area (Å²) in [5, 5.41) is 15.3. The Morgan fingerprint density at radius 2 is 2.07 bits per heavy atom. The summed E-state index contributed by atoms with van der Waals surface area (Å²) < 4.78 is 5.03. The first kappa shape index (κ1) is 19.0. The smallest absolute Gasteiger partial charge is 0.321 e. The van der Waals surface area contributed by atoms with Gasteiger partial charge >= 0.3 is 6.03 Å². The van der Waals surface area contributed by atoms with Crippen LogP contribution in [0.4, 0.5) is 9.93 Å². The van der Waals surface area contributed by atoms with E-state index in [0.717, 1.165) is 38.4 Å². The molecule has 0 saturated carbocycles. The molecule has 0 aliphatic rings. The Morgan fingerprint density at radius 3 is 2.79 bits per heavy atom. The van der Waals surface area contributed by atoms with Crippen LogP contribution in [0.1, 0.15) is 17.4 Å². The molecule has 1 atom stereocenters. The predicted octanol–water partition coefficient (Wildman–Crippen LogP) is 3.65. The first-order valence-corrected chi connectivity index (χ1v) is 10.2. The van der Waals surface area contributed by atoms with E-state index in [0.29, 0.717) is 5.13 Å². The Morgan fingerprint density at radius 1 is 1.24 bits per heavy atom. The van der Waals surface area contributed by atoms with Crippen molar-refractivity contribution < 1.29 is 9.90 Å². The second-order valence-corrected chi connectivity index (χ2v) is 7.64. The molecule has 0 aliphatic heterocycles. The van der Waals surface area contributed by atoms with Crippen LogP contribution < -0.4 is 10.6 Å². The molecule has 9 heteroatoms. The van der Waals surface area contributed by atoms with Crippen molar-refractivity contribution in [2.45, 2.75) is 6.04 Å². The van der Waals surface area contributed by atoms with Gasteiger partial charge in [0.25, 0.3) is 0 Å². The number of nitrogens with one attached hydrogen (secondary N) is 2. The van der Waals surface area contributed by atoms with Crippen LogP contribution in [0.25, 0.3) is 21.3 Å². The predicted molar refractivity (Wildman–Crippen MR) is 115 cm³/mol. The molecule has 0 fully saturated rings. The number of fused-ring (bicyclic) bond motifs is 1. The molecular weight excluding hydrogens is 406 g/mol. The van der Waals surface area contributed by atoms with Crippen molar-refractivity contribution in [1.29, 1.82) is 0 Å². The number of thiazole rings is 1. The maximum atomic E-state index is 12.2. The summed E-state index contributed by atoms with van der Waals surface area (Å²) in [6.45, 7) is -0.247. The third-order valence-electron chi connectivity index (χ3n) is 4.24. The SMILES string of the molecule is C#Cc1nsc(NC(=O)N[C@@H](CO)c2ccc(-c3cccc4ncsc34)cc2)n1. The van der Waals surface area contributed by atoms with Crippen molar-refractivity contribution >= 4 is 44.2 Å². The van der Waals surface area contributed by atoms with Crippen LogP contribution in [-0.2, 0) is 0 Å². The first-order chi connectivity index (χ1) is 14.2. The fraction of sp³-hybridized carbons (Fsp3) is 0.100. The number of urea groups is 1. The van der Waals surface area contributed by atoms with Gasteiger partial charge in [-0.25, -0.2) is 9.78 Å². The fourth-order valence-corrected chi connectivity index (χ4v) is 4.23. The largest absolute Gasteiger partial charge is 0.394 e. The Hall–Kier alpha value is -3.32. The fourth-order valence-electron chi connectivity index (χ4n) is 2.87. The maximum Gasteiger partial charge on any atom is 0.321 e. The summed E-state index contributed by atoms with van der Waals surface area (Å²) >= 11 is 2.59. The molecule has 0 bridgehead atoms. The number of carbonyl (C=O) groups is 1. The van der Waals surface area contributed by atoms with Crippen LogP contribution in [-0.4, -0.2) is 32.1 Å². The second kappa shape index (κ2) is 8.36. The summed E-state index contributed by atoms with van der Waals surface area (Å²) in [7, 11) is 0. The number of aliphatic hydroxyl groups is 1. The number of aliphatic hydroxyl groups excluding tert-OH is 1. The molecule has 0 unspecified atom stereocenters. The number of hydrogen-bond acceptors (Lipinski definition) is 7. The van der Waals surface area contributed by atoms with Gasteiger partial charge < -0.3 is 10.4 Å². The molecule has 29 heavy (non-hydrogen) atoms. The van der Waals surface area contributed by atoms with Gasteiger partial charge in [-0.05, 0) is 23.1 Å². The summed E-state index contributed by atoms with van der Waals surface area (Å²) in [4.78, 5) is 20.5. The number of benzene rings is 2. The van der Waals surface area contributed by atoms with E-state index in [4.69, 9.17) is 6.42 Å². The van der Waals surface area contributed by atoms with Crippen molar-refractivity contribution in [3.8, 4) is 23.5 Å². The van der Waals surface area contributed by atoms with Gasteiger partial charge in [-0.3, -0.25) is 5.32 Å². The molecule has 3 N–H and O–H groups in total. The molecule has 2 aromatic heterocycles. The zero-order valence-electron chi connectivity index (χ0n) is 15.0. The van der Waals surface area contributed by atoms with Gasteiger partial charge in [-0.15, -0.1) is 17.8 Å². The Labute approximate surface area is 174 Å². The van der Waals surface area contributed by atoms with E-state index in [9.17, 15) is 9.90 Å². The molecule has 2 heterocycles. The minimum atomic E-state index is -0.566. The highest BCUT2D eigenvalue weighted by atomic mass is 32.1. The molecule has 0 saturated heterocycles. The van der Waals surface area contributed by atoms with Crippen LogP contribution >= 0.6 is 22.9 Å². The molecule has 2 amide bonds. The number of anilines is 1. The highest BCUT2D eigenvalue weighted by Gasteiger charge is 2.15. The van der Waals surface area contributed by atoms with E-state index in [2.05, 4.69) is 37.0 Å². The van der Waals surface area contributed by atoms with Crippen LogP contribution in [0, 0.1) is 12.3 Å². The van der Waals surface area contributed by atoms with Gasteiger partial charge in [-0.1, -0.05) is 36.4 Å². The molecule has 0 aliphatic carbocycles. The molecule has 144 valence electrons. The molecule has 4 rings (SSSR count). The average Bonchev–Trinajstić information content (AvgIpc) is 3.41. The van der Waals surface area contributed by atoms with Crippen molar-refractivity contribution in [3.63, 3.8) is 0 Å². The van der Waals surface area contributed by atoms with Crippen molar-refractivity contribution in [2.75, 3.05) is 11.9 Å². The van der Waals surface area contributed by atoms with Crippen LogP contribution in [0.3, 0.4) is 0 Å². The molecular formula is C20H15N5O2S2. The van der Waals surface area contributed by atoms with Gasteiger partial charge in [-0.2, -0.15) is 9.36 Å². The van der Waals surface area contributed by atoms with Gasteiger partial charge in [0.2, 0.25) is 11.0 Å². The van der Waals surface area contributed by atoms with Crippen molar-refractivity contribution in [2.24, 2.45) is 0 Å². The zero-order chi connectivity index (χ0) is 20.2.